The molecule has 2 fully saturated rings. The van der Waals surface area contributed by atoms with E-state index in [2.05, 4.69) is 68.4 Å². The first-order valence-electron chi connectivity index (χ1n) is 18.2. The minimum absolute atomic E-state index is 0. The number of aliphatic imine (C=N–C) groups is 2. The summed E-state index contributed by atoms with van der Waals surface area (Å²) in [5.74, 6) is 0. The van der Waals surface area contributed by atoms with Crippen LogP contribution in [0.5, 0.6) is 0 Å². The first-order chi connectivity index (χ1) is 24.9. The summed E-state index contributed by atoms with van der Waals surface area (Å²) in [7, 11) is 0. The second-order valence-electron chi connectivity index (χ2n) is 13.8. The van der Waals surface area contributed by atoms with Gasteiger partial charge in [-0.2, -0.15) is 0 Å². The van der Waals surface area contributed by atoms with Gasteiger partial charge in [-0.1, -0.05) is 81.0 Å². The molecule has 2 aliphatic rings. The van der Waals surface area contributed by atoms with Crippen LogP contribution >= 0.6 is 23.2 Å². The third-order valence-corrected chi connectivity index (χ3v) is 10.5. The Labute approximate surface area is 334 Å². The fourth-order valence-electron chi connectivity index (χ4n) is 7.38. The summed E-state index contributed by atoms with van der Waals surface area (Å²) in [6, 6.07) is 27.4. The molecule has 5 aromatic heterocycles. The molecule has 280 valence electrons. The van der Waals surface area contributed by atoms with Crippen LogP contribution in [-0.4, -0.2) is 44.8 Å². The zero-order chi connectivity index (χ0) is 35.5. The standard InChI is InChI=1S/C41H45N7.CH2Cl2.Fe.H2O/c1-40(34-18-9-11-26-42-34,35-19-10-12-27-43-35)36-20-13-21-37(48-36)41(2,38-24-22-32(46-38)28-44-30-14-5-3-6-15-30)39-25-23-33(47-39)29-45-31-16-7-4-8-17-31;2-1-3;;/h9-13,18-31H,3-8,14-17H2,1-2H3;1H2;;1H2/q-2;;+2;/p+1. The minimum Gasteiger partial charge on any atom is -0.659 e. The molecular formula is C42H50Cl2FeN7O+. The maximum absolute atomic E-state index is 5.45. The zero-order valence-electron chi connectivity index (χ0n) is 30.6. The van der Waals surface area contributed by atoms with Crippen LogP contribution in [0.25, 0.3) is 0 Å². The second kappa shape index (κ2) is 20.2. The Bertz CT molecular complexity index is 1760. The van der Waals surface area contributed by atoms with Crippen molar-refractivity contribution in [3.8, 4) is 0 Å². The normalized spacial score (nSPS) is 16.7. The zero-order valence-corrected chi connectivity index (χ0v) is 33.2. The van der Waals surface area contributed by atoms with Crippen molar-refractivity contribution in [2.24, 2.45) is 9.98 Å². The molecule has 0 amide bonds. The fourth-order valence-corrected chi connectivity index (χ4v) is 7.38. The Morgan fingerprint density at radius 1 is 0.604 bits per heavy atom. The summed E-state index contributed by atoms with van der Waals surface area (Å²) in [6.07, 6.45) is 19.9. The van der Waals surface area contributed by atoms with E-state index in [0.717, 1.165) is 71.2 Å². The average Bonchev–Trinajstić information content (AvgIpc) is 3.89. The summed E-state index contributed by atoms with van der Waals surface area (Å²) in [4.78, 5) is 35.3. The van der Waals surface area contributed by atoms with Crippen LogP contribution < -0.4 is 9.97 Å². The van der Waals surface area contributed by atoms with Crippen molar-refractivity contribution in [3.63, 3.8) is 0 Å². The minimum atomic E-state index is -0.737. The molecule has 11 heteroatoms. The summed E-state index contributed by atoms with van der Waals surface area (Å²) in [6.45, 7) is 4.34. The largest absolute Gasteiger partial charge is 2.00 e. The van der Waals surface area contributed by atoms with Crippen LogP contribution in [0.2, 0.25) is 0 Å². The summed E-state index contributed by atoms with van der Waals surface area (Å²) < 4.78 is 0. The van der Waals surface area contributed by atoms with Crippen molar-refractivity contribution >= 4 is 35.6 Å². The van der Waals surface area contributed by atoms with Gasteiger partial charge in [-0.05, 0) is 75.9 Å². The van der Waals surface area contributed by atoms with Gasteiger partial charge in [0.15, 0.2) is 0 Å². The van der Waals surface area contributed by atoms with E-state index in [1.807, 2.05) is 49.1 Å². The third kappa shape index (κ3) is 9.94. The summed E-state index contributed by atoms with van der Waals surface area (Å²) in [5, 5.41) is 0.194. The molecule has 2 saturated carbocycles. The molecule has 5 heterocycles. The molecule has 0 unspecified atom stereocenters. The molecular weight excluding hydrogens is 745 g/mol. The van der Waals surface area contributed by atoms with Gasteiger partial charge < -0.3 is 15.4 Å². The maximum atomic E-state index is 5.45. The van der Waals surface area contributed by atoms with Gasteiger partial charge >= 0.3 is 17.1 Å². The first-order valence-corrected chi connectivity index (χ1v) is 19.3. The van der Waals surface area contributed by atoms with Crippen molar-refractivity contribution in [3.05, 3.63) is 137 Å². The van der Waals surface area contributed by atoms with Crippen molar-refractivity contribution in [2.75, 3.05) is 5.34 Å². The smallest absolute Gasteiger partial charge is 0.659 e. The first kappa shape index (κ1) is 42.2. The van der Waals surface area contributed by atoms with Gasteiger partial charge in [0.1, 0.15) is 0 Å². The second-order valence-corrected chi connectivity index (χ2v) is 14.6. The van der Waals surface area contributed by atoms with Crippen LogP contribution in [0.3, 0.4) is 0 Å². The van der Waals surface area contributed by atoms with Crippen LogP contribution in [0, 0.1) is 0 Å². The van der Waals surface area contributed by atoms with E-state index in [-0.39, 0.29) is 27.9 Å². The van der Waals surface area contributed by atoms with Gasteiger partial charge in [-0.25, -0.2) is 0 Å². The van der Waals surface area contributed by atoms with E-state index in [1.54, 1.807) is 0 Å². The number of halogens is 2. The van der Waals surface area contributed by atoms with E-state index >= 15 is 0 Å². The molecule has 2 aliphatic carbocycles. The Hall–Kier alpha value is -3.59. The van der Waals surface area contributed by atoms with Gasteiger partial charge in [0, 0.05) is 42.3 Å². The van der Waals surface area contributed by atoms with E-state index in [0.29, 0.717) is 12.1 Å². The van der Waals surface area contributed by atoms with Crippen LogP contribution in [0.4, 0.5) is 0 Å². The number of rotatable bonds is 10. The molecule has 53 heavy (non-hydrogen) atoms. The monoisotopic (exact) mass is 794 g/mol. The Morgan fingerprint density at radius 3 is 1.43 bits per heavy atom. The number of nitrogens with zero attached hydrogens (tertiary/aromatic N) is 7. The van der Waals surface area contributed by atoms with Gasteiger partial charge in [0.2, 0.25) is 0 Å². The number of aromatic nitrogens is 5. The molecule has 0 aliphatic heterocycles. The molecule has 0 saturated heterocycles. The number of hydrogen-bond acceptors (Lipinski definition) is 5. The van der Waals surface area contributed by atoms with Crippen molar-refractivity contribution in [1.82, 2.24) is 24.9 Å². The Balaban J connectivity index is 0.00000121. The molecule has 0 bridgehead atoms. The Morgan fingerprint density at radius 2 is 1.02 bits per heavy atom. The SMILES string of the molecule is CC(c1ccccn1)(c1ccccn1)c1cccc(C(C)(c2ccc(C=NC3CCCCC3)[n-]2)c2ccc(C=NC3CCCCC3)[n-]2)n1.ClCCl.[Fe+2].[OH3+]. The van der Waals surface area contributed by atoms with Crippen molar-refractivity contribution in [2.45, 2.75) is 101 Å². The van der Waals surface area contributed by atoms with Gasteiger partial charge in [-0.15, -0.1) is 46.0 Å². The van der Waals surface area contributed by atoms with Gasteiger partial charge in [-0.3, -0.25) is 24.9 Å². The van der Waals surface area contributed by atoms with Gasteiger partial charge in [0.25, 0.3) is 0 Å². The molecule has 0 atom stereocenters. The molecule has 8 nitrogen and oxygen atoms in total. The third-order valence-electron chi connectivity index (χ3n) is 10.5. The number of alkyl halides is 2. The van der Waals surface area contributed by atoms with Crippen LogP contribution in [0.1, 0.15) is 124 Å². The van der Waals surface area contributed by atoms with Crippen molar-refractivity contribution < 1.29 is 22.5 Å². The molecule has 3 N–H and O–H groups in total. The number of pyridine rings is 3. The predicted molar refractivity (Wildman–Crippen MR) is 214 cm³/mol. The Kier molecular flexibility index (Phi) is 16.1. The van der Waals surface area contributed by atoms with E-state index in [1.165, 1.54) is 38.5 Å². The summed E-state index contributed by atoms with van der Waals surface area (Å²) >= 11 is 9.53. The average molecular weight is 796 g/mol. The van der Waals surface area contributed by atoms with Crippen LogP contribution in [0.15, 0.2) is 101 Å². The van der Waals surface area contributed by atoms with Crippen molar-refractivity contribution in [1.29, 1.82) is 0 Å². The molecule has 5 aromatic rings. The quantitative estimate of drug-likeness (QED) is 0.0607. The number of hydrogen-bond donors (Lipinski definition) is 0. The predicted octanol–water partition coefficient (Wildman–Crippen LogP) is 8.49. The maximum Gasteiger partial charge on any atom is 2.00 e. The molecule has 0 spiro atoms. The van der Waals surface area contributed by atoms with Gasteiger partial charge in [0.05, 0.1) is 33.5 Å². The van der Waals surface area contributed by atoms with Crippen LogP contribution in [-0.2, 0) is 33.4 Å². The van der Waals surface area contributed by atoms with E-state index in [4.69, 9.17) is 58.1 Å². The topological polar surface area (TPSA) is 125 Å². The van der Waals surface area contributed by atoms with E-state index < -0.39 is 10.8 Å². The molecule has 7 rings (SSSR count). The molecule has 0 aromatic carbocycles. The summed E-state index contributed by atoms with van der Waals surface area (Å²) in [5.41, 5.74) is 5.59. The molecule has 0 radical (unpaired) electrons. The fraction of sp³-hybridized carbons (Fsp3) is 0.405. The van der Waals surface area contributed by atoms with E-state index in [9.17, 15) is 0 Å².